The fourth-order valence-electron chi connectivity index (χ4n) is 6.39. The van der Waals surface area contributed by atoms with Crippen LogP contribution < -0.4 is 4.90 Å². The van der Waals surface area contributed by atoms with Gasteiger partial charge in [0.15, 0.2) is 5.13 Å². The molecule has 2 aliphatic carbocycles. The molecule has 1 N–H and O–H groups in total. The Balaban J connectivity index is 1.14. The zero-order chi connectivity index (χ0) is 27.4. The van der Waals surface area contributed by atoms with Crippen LogP contribution in [0.15, 0.2) is 40.9 Å². The van der Waals surface area contributed by atoms with Crippen LogP contribution in [0.25, 0.3) is 21.5 Å². The summed E-state index contributed by atoms with van der Waals surface area (Å²) in [5.74, 6) is 1.12. The van der Waals surface area contributed by atoms with E-state index in [-0.39, 0.29) is 6.10 Å². The second-order valence-electron chi connectivity index (χ2n) is 11.2. The second kappa shape index (κ2) is 10.6. The van der Waals surface area contributed by atoms with Gasteiger partial charge in [-0.2, -0.15) is 0 Å². The molecule has 0 amide bonds. The number of aromatic carboxylic acids is 1. The summed E-state index contributed by atoms with van der Waals surface area (Å²) in [6.45, 7) is 2.16. The van der Waals surface area contributed by atoms with E-state index in [1.165, 1.54) is 12.8 Å². The molecule has 1 saturated heterocycles. The molecule has 2 unspecified atom stereocenters. The van der Waals surface area contributed by atoms with Crippen molar-refractivity contribution in [1.29, 1.82) is 0 Å². The smallest absolute Gasteiger partial charge is 0.335 e. The predicted octanol–water partition coefficient (Wildman–Crippen LogP) is 8.05. The van der Waals surface area contributed by atoms with Crippen LogP contribution in [0.2, 0.25) is 10.0 Å². The van der Waals surface area contributed by atoms with E-state index in [2.05, 4.69) is 10.1 Å². The predicted molar refractivity (Wildman–Crippen MR) is 157 cm³/mol. The van der Waals surface area contributed by atoms with Gasteiger partial charge in [-0.1, -0.05) is 58.6 Å². The molecule has 2 saturated carbocycles. The van der Waals surface area contributed by atoms with E-state index in [9.17, 15) is 9.90 Å². The quantitative estimate of drug-likeness (QED) is 0.230. The number of ether oxygens (including phenoxy) is 1. The molecule has 3 fully saturated rings. The normalized spacial score (nSPS) is 22.9. The number of rotatable bonds is 7. The lowest BCUT2D eigenvalue weighted by atomic mass is 9.85. The van der Waals surface area contributed by atoms with Gasteiger partial charge in [0.2, 0.25) is 0 Å². The van der Waals surface area contributed by atoms with Crippen LogP contribution in [0.5, 0.6) is 0 Å². The van der Waals surface area contributed by atoms with E-state index in [1.807, 2.05) is 18.2 Å². The highest BCUT2D eigenvalue weighted by Crippen LogP contribution is 2.47. The Bertz CT molecular complexity index is 1550. The number of nitrogens with zero attached hydrogens (tertiary/aromatic N) is 3. The Morgan fingerprint density at radius 3 is 2.48 bits per heavy atom. The first-order chi connectivity index (χ1) is 19.5. The molecular formula is C30H29Cl2N3O4S. The summed E-state index contributed by atoms with van der Waals surface area (Å²) in [7, 11) is 0. The minimum absolute atomic E-state index is 0.128. The Morgan fingerprint density at radius 1 is 1.07 bits per heavy atom. The third-order valence-electron chi connectivity index (χ3n) is 8.52. The molecular weight excluding hydrogens is 569 g/mol. The minimum Gasteiger partial charge on any atom is -0.478 e. The molecule has 40 heavy (non-hydrogen) atoms. The molecule has 4 aromatic rings. The van der Waals surface area contributed by atoms with E-state index in [0.29, 0.717) is 51.2 Å². The standard InChI is InChI=1S/C30H29Cl2N3O4S/c31-21-6-3-7-22(32)25(21)26-20(28(39-34-26)16-8-9-16)15-38-27-18-4-1-2-5-19(27)14-35(13-18)30-33-23-11-10-17(29(36)37)12-24(23)40-30/h3,6-7,10-12,16,18-19,27H,1-2,4-5,8-9,13-15H2,(H,36,37). The SMILES string of the molecule is O=C(O)c1ccc2nc(N3CC4CCCCC(C3)C4OCc3c(-c4c(Cl)cccc4Cl)noc3C3CC3)sc2c1. The Kier molecular flexibility index (Phi) is 6.98. The zero-order valence-corrected chi connectivity index (χ0v) is 24.1. The molecule has 1 aliphatic heterocycles. The average molecular weight is 599 g/mol. The second-order valence-corrected chi connectivity index (χ2v) is 13.0. The first-order valence-corrected chi connectivity index (χ1v) is 15.5. The molecule has 3 heterocycles. The van der Waals surface area contributed by atoms with Crippen LogP contribution in [0.1, 0.15) is 66.1 Å². The van der Waals surface area contributed by atoms with Crippen molar-refractivity contribution in [2.45, 2.75) is 57.2 Å². The molecule has 0 radical (unpaired) electrons. The fourth-order valence-corrected chi connectivity index (χ4v) is 7.99. The lowest BCUT2D eigenvalue weighted by Crippen LogP contribution is -2.49. The summed E-state index contributed by atoms with van der Waals surface area (Å²) in [6.07, 6.45) is 6.91. The number of hydrogen-bond acceptors (Lipinski definition) is 7. The highest BCUT2D eigenvalue weighted by Gasteiger charge is 2.41. The van der Waals surface area contributed by atoms with Crippen LogP contribution in [0.4, 0.5) is 5.13 Å². The summed E-state index contributed by atoms with van der Waals surface area (Å²) < 4.78 is 13.6. The number of piperidine rings is 1. The average Bonchev–Trinajstić information content (AvgIpc) is 3.58. The molecule has 3 aliphatic rings. The van der Waals surface area contributed by atoms with Crippen molar-refractivity contribution in [2.24, 2.45) is 11.8 Å². The van der Waals surface area contributed by atoms with Crippen LogP contribution in [-0.2, 0) is 11.3 Å². The van der Waals surface area contributed by atoms with Gasteiger partial charge in [0.1, 0.15) is 11.5 Å². The van der Waals surface area contributed by atoms with Crippen LogP contribution in [-0.4, -0.2) is 40.4 Å². The summed E-state index contributed by atoms with van der Waals surface area (Å²) in [6, 6.07) is 10.6. The monoisotopic (exact) mass is 597 g/mol. The first kappa shape index (κ1) is 26.3. The maximum atomic E-state index is 11.4. The van der Waals surface area contributed by atoms with Crippen LogP contribution >= 0.6 is 34.5 Å². The van der Waals surface area contributed by atoms with E-state index >= 15 is 0 Å². The maximum absolute atomic E-state index is 11.4. The van der Waals surface area contributed by atoms with Crippen LogP contribution in [0.3, 0.4) is 0 Å². The largest absolute Gasteiger partial charge is 0.478 e. The molecule has 2 aromatic heterocycles. The van der Waals surface area contributed by atoms with Gasteiger partial charge < -0.3 is 19.3 Å². The van der Waals surface area contributed by atoms with E-state index < -0.39 is 5.97 Å². The molecule has 7 rings (SSSR count). The molecule has 2 aromatic carbocycles. The molecule has 0 spiro atoms. The van der Waals surface area contributed by atoms with Gasteiger partial charge in [0, 0.05) is 42.0 Å². The number of carbonyl (C=O) groups is 1. The number of anilines is 1. The number of carboxylic acid groups (broad SMARTS) is 1. The van der Waals surface area contributed by atoms with Gasteiger partial charge in [-0.15, -0.1) is 0 Å². The number of halogens is 2. The fraction of sp³-hybridized carbons (Fsp3) is 0.433. The van der Waals surface area contributed by atoms with E-state index in [0.717, 1.165) is 65.4 Å². The van der Waals surface area contributed by atoms with E-state index in [4.69, 9.17) is 37.4 Å². The van der Waals surface area contributed by atoms with Gasteiger partial charge >= 0.3 is 5.97 Å². The molecule has 208 valence electrons. The summed E-state index contributed by atoms with van der Waals surface area (Å²) in [4.78, 5) is 18.7. The Labute approximate surface area is 246 Å². The van der Waals surface area contributed by atoms with Gasteiger partial charge in [-0.05, 0) is 56.0 Å². The Hall–Kier alpha value is -2.65. The Morgan fingerprint density at radius 2 is 1.80 bits per heavy atom. The number of carboxylic acids is 1. The van der Waals surface area contributed by atoms with Crippen molar-refractivity contribution < 1.29 is 19.2 Å². The van der Waals surface area contributed by atoms with Crippen molar-refractivity contribution >= 4 is 55.9 Å². The van der Waals surface area contributed by atoms with Crippen molar-refractivity contribution in [3.63, 3.8) is 0 Å². The molecule has 7 nitrogen and oxygen atoms in total. The van der Waals surface area contributed by atoms with Crippen molar-refractivity contribution in [3.05, 3.63) is 63.3 Å². The zero-order valence-electron chi connectivity index (χ0n) is 21.8. The molecule has 2 bridgehead atoms. The van der Waals surface area contributed by atoms with Crippen molar-refractivity contribution in [1.82, 2.24) is 10.1 Å². The summed E-state index contributed by atoms with van der Waals surface area (Å²) >= 11 is 14.7. The third kappa shape index (κ3) is 4.89. The van der Waals surface area contributed by atoms with Gasteiger partial charge in [-0.25, -0.2) is 9.78 Å². The summed E-state index contributed by atoms with van der Waals surface area (Å²) in [5, 5.41) is 15.9. The maximum Gasteiger partial charge on any atom is 0.335 e. The molecule has 2 atom stereocenters. The number of aromatic nitrogens is 2. The summed E-state index contributed by atoms with van der Waals surface area (Å²) in [5.41, 5.74) is 3.50. The lowest BCUT2D eigenvalue weighted by molar-refractivity contribution is -0.0431. The van der Waals surface area contributed by atoms with Crippen molar-refractivity contribution in [2.75, 3.05) is 18.0 Å². The number of hydrogen-bond donors (Lipinski definition) is 1. The van der Waals surface area contributed by atoms with Crippen molar-refractivity contribution in [3.8, 4) is 11.3 Å². The first-order valence-electron chi connectivity index (χ1n) is 13.9. The number of thiazole rings is 1. The van der Waals surface area contributed by atoms with E-state index in [1.54, 1.807) is 29.5 Å². The number of fused-ring (bicyclic) bond motifs is 3. The van der Waals surface area contributed by atoms with Gasteiger partial charge in [-0.3, -0.25) is 0 Å². The highest BCUT2D eigenvalue weighted by atomic mass is 35.5. The third-order valence-corrected chi connectivity index (χ3v) is 10.2. The van der Waals surface area contributed by atoms with Gasteiger partial charge in [0.25, 0.3) is 0 Å². The number of benzene rings is 2. The van der Waals surface area contributed by atoms with Gasteiger partial charge in [0.05, 0.1) is 38.5 Å². The highest BCUT2D eigenvalue weighted by molar-refractivity contribution is 7.22. The van der Waals surface area contributed by atoms with Crippen LogP contribution in [0, 0.1) is 11.8 Å². The lowest BCUT2D eigenvalue weighted by Gasteiger charge is -2.42. The topological polar surface area (TPSA) is 88.7 Å². The molecule has 10 heteroatoms. The minimum atomic E-state index is -0.918.